The highest BCUT2D eigenvalue weighted by Gasteiger charge is 2.49. The Hall–Kier alpha value is -2.84. The van der Waals surface area contributed by atoms with E-state index < -0.39 is 10.6 Å². The van der Waals surface area contributed by atoms with Gasteiger partial charge in [-0.1, -0.05) is 54.1 Å². The van der Waals surface area contributed by atoms with Crippen molar-refractivity contribution in [3.8, 4) is 0 Å². The SMILES string of the molecule is CN(Cc1ccc([N+](=O)[O-])cc1)C(OCC1(CO)CC1)(C1=CC=C(Cl)CC1)c1ccccc1C=O. The van der Waals surface area contributed by atoms with Crippen LogP contribution in [-0.2, 0) is 17.0 Å². The summed E-state index contributed by atoms with van der Waals surface area (Å²) in [7, 11) is 1.92. The zero-order valence-electron chi connectivity index (χ0n) is 19.7. The number of hydrogen-bond acceptors (Lipinski definition) is 6. The van der Waals surface area contributed by atoms with Crippen LogP contribution in [0.4, 0.5) is 5.69 Å². The Morgan fingerprint density at radius 1 is 1.17 bits per heavy atom. The van der Waals surface area contributed by atoms with Crippen molar-refractivity contribution in [2.24, 2.45) is 5.41 Å². The zero-order valence-corrected chi connectivity index (χ0v) is 20.4. The lowest BCUT2D eigenvalue weighted by Crippen LogP contribution is -2.49. The van der Waals surface area contributed by atoms with Gasteiger partial charge in [0.2, 0.25) is 0 Å². The summed E-state index contributed by atoms with van der Waals surface area (Å²) in [6.07, 6.45) is 7.70. The van der Waals surface area contributed by atoms with Crippen molar-refractivity contribution < 1.29 is 19.6 Å². The molecule has 0 aliphatic heterocycles. The molecule has 2 aromatic carbocycles. The molecular formula is C27H29ClN2O5. The summed E-state index contributed by atoms with van der Waals surface area (Å²) in [4.78, 5) is 24.8. The van der Waals surface area contributed by atoms with E-state index in [2.05, 4.69) is 0 Å². The minimum atomic E-state index is -1.10. The normalized spacial score (nSPS) is 18.4. The van der Waals surface area contributed by atoms with Crippen LogP contribution in [0.5, 0.6) is 0 Å². The highest BCUT2D eigenvalue weighted by atomic mass is 35.5. The number of carbonyl (C=O) groups is 1. The number of rotatable bonds is 11. The summed E-state index contributed by atoms with van der Waals surface area (Å²) in [5.41, 5.74) is 1.69. The van der Waals surface area contributed by atoms with Crippen molar-refractivity contribution in [2.75, 3.05) is 20.3 Å². The number of aldehydes is 1. The van der Waals surface area contributed by atoms with E-state index in [-0.39, 0.29) is 17.7 Å². The van der Waals surface area contributed by atoms with Gasteiger partial charge in [-0.05, 0) is 49.9 Å². The number of aliphatic hydroxyl groups is 1. The Labute approximate surface area is 209 Å². The van der Waals surface area contributed by atoms with E-state index >= 15 is 0 Å². The van der Waals surface area contributed by atoms with Crippen LogP contribution in [0.15, 0.2) is 71.3 Å². The van der Waals surface area contributed by atoms with Crippen molar-refractivity contribution >= 4 is 23.6 Å². The van der Waals surface area contributed by atoms with E-state index in [4.69, 9.17) is 16.3 Å². The van der Waals surface area contributed by atoms with E-state index in [9.17, 15) is 20.0 Å². The minimum absolute atomic E-state index is 0.0265. The standard InChI is InChI=1S/C27H29ClN2O5/c1-29(16-20-6-12-24(13-7-20)30(33)34)27(22-8-10-23(28)11-9-22,35-19-26(18-32)14-15-26)25-5-3-2-4-21(25)17-31/h2-8,10,12-13,17,32H,9,11,14-16,18-19H2,1H3. The van der Waals surface area contributed by atoms with E-state index in [0.29, 0.717) is 37.1 Å². The van der Waals surface area contributed by atoms with E-state index in [0.717, 1.165) is 35.3 Å². The molecule has 0 heterocycles. The van der Waals surface area contributed by atoms with Crippen LogP contribution in [-0.4, -0.2) is 41.5 Å². The first-order valence-corrected chi connectivity index (χ1v) is 12.0. The first-order valence-electron chi connectivity index (χ1n) is 11.6. The monoisotopic (exact) mass is 496 g/mol. The average Bonchev–Trinajstić information content (AvgIpc) is 3.66. The van der Waals surface area contributed by atoms with E-state index in [1.54, 1.807) is 18.2 Å². The smallest absolute Gasteiger partial charge is 0.269 e. The Morgan fingerprint density at radius 2 is 1.89 bits per heavy atom. The summed E-state index contributed by atoms with van der Waals surface area (Å²) in [5.74, 6) is 0. The van der Waals surface area contributed by atoms with Gasteiger partial charge in [-0.2, -0.15) is 0 Å². The van der Waals surface area contributed by atoms with Crippen LogP contribution in [0.1, 0.15) is 47.2 Å². The van der Waals surface area contributed by atoms with Crippen molar-refractivity contribution in [2.45, 2.75) is 38.0 Å². The van der Waals surface area contributed by atoms with Crippen molar-refractivity contribution in [1.82, 2.24) is 4.90 Å². The number of nitro benzene ring substituents is 1. The summed E-state index contributed by atoms with van der Waals surface area (Å²) in [6, 6.07) is 13.8. The molecule has 0 bridgehead atoms. The molecule has 0 amide bonds. The quantitative estimate of drug-likeness (QED) is 0.196. The fourth-order valence-electron chi connectivity index (χ4n) is 4.60. The maximum absolute atomic E-state index is 12.1. The van der Waals surface area contributed by atoms with Crippen molar-refractivity contribution in [3.63, 3.8) is 0 Å². The largest absolute Gasteiger partial charge is 0.396 e. The van der Waals surface area contributed by atoms with Crippen LogP contribution < -0.4 is 0 Å². The molecule has 4 rings (SSSR count). The predicted octanol–water partition coefficient (Wildman–Crippen LogP) is 5.32. The number of nitrogens with zero attached hydrogens (tertiary/aromatic N) is 2. The number of allylic oxidation sites excluding steroid dienone is 3. The molecule has 1 fully saturated rings. The van der Waals surface area contributed by atoms with Gasteiger partial charge in [0.1, 0.15) is 0 Å². The number of halogens is 1. The summed E-state index contributed by atoms with van der Waals surface area (Å²) in [6.45, 7) is 0.775. The third-order valence-electron chi connectivity index (χ3n) is 6.97. The molecule has 184 valence electrons. The van der Waals surface area contributed by atoms with Crippen LogP contribution in [0.3, 0.4) is 0 Å². The molecule has 7 nitrogen and oxygen atoms in total. The third-order valence-corrected chi connectivity index (χ3v) is 7.29. The van der Waals surface area contributed by atoms with Gasteiger partial charge in [-0.15, -0.1) is 0 Å². The number of aliphatic hydroxyl groups excluding tert-OH is 1. The summed E-state index contributed by atoms with van der Waals surface area (Å²) >= 11 is 6.29. The number of likely N-dealkylation sites (N-methyl/N-ethyl adjacent to an activating group) is 1. The molecule has 1 atom stereocenters. The molecule has 2 aliphatic carbocycles. The Kier molecular flexibility index (Phi) is 7.52. The lowest BCUT2D eigenvalue weighted by Gasteiger charge is -2.46. The van der Waals surface area contributed by atoms with Gasteiger partial charge in [-0.3, -0.25) is 19.8 Å². The molecule has 0 radical (unpaired) electrons. The molecule has 35 heavy (non-hydrogen) atoms. The highest BCUT2D eigenvalue weighted by Crippen LogP contribution is 2.49. The van der Waals surface area contributed by atoms with Gasteiger partial charge in [-0.25, -0.2) is 0 Å². The van der Waals surface area contributed by atoms with Gasteiger partial charge in [0.15, 0.2) is 12.0 Å². The molecule has 0 spiro atoms. The van der Waals surface area contributed by atoms with Crippen molar-refractivity contribution in [3.05, 3.63) is 98.1 Å². The summed E-state index contributed by atoms with van der Waals surface area (Å²) < 4.78 is 6.81. The molecule has 1 unspecified atom stereocenters. The lowest BCUT2D eigenvalue weighted by molar-refractivity contribution is -0.384. The number of non-ortho nitro benzene ring substituents is 1. The van der Waals surface area contributed by atoms with Gasteiger partial charge in [0, 0.05) is 40.3 Å². The number of benzene rings is 2. The van der Waals surface area contributed by atoms with Crippen LogP contribution in [0.25, 0.3) is 0 Å². The fourth-order valence-corrected chi connectivity index (χ4v) is 4.76. The molecule has 2 aliphatic rings. The van der Waals surface area contributed by atoms with Gasteiger partial charge < -0.3 is 9.84 Å². The first-order chi connectivity index (χ1) is 16.8. The fraction of sp³-hybridized carbons (Fsp3) is 0.370. The Balaban J connectivity index is 1.82. The molecule has 0 saturated heterocycles. The molecule has 8 heteroatoms. The maximum atomic E-state index is 12.1. The highest BCUT2D eigenvalue weighted by molar-refractivity contribution is 6.29. The number of hydrogen-bond donors (Lipinski definition) is 1. The molecular weight excluding hydrogens is 468 g/mol. The van der Waals surface area contributed by atoms with Crippen molar-refractivity contribution in [1.29, 1.82) is 0 Å². The van der Waals surface area contributed by atoms with Gasteiger partial charge >= 0.3 is 0 Å². The maximum Gasteiger partial charge on any atom is 0.269 e. The Bertz CT molecular complexity index is 1160. The second-order valence-corrected chi connectivity index (χ2v) is 9.87. The van der Waals surface area contributed by atoms with Crippen LogP contribution in [0, 0.1) is 15.5 Å². The number of carbonyl (C=O) groups excluding carboxylic acids is 1. The lowest BCUT2D eigenvalue weighted by atomic mass is 9.84. The zero-order chi connectivity index (χ0) is 25.1. The number of ether oxygens (including phenoxy) is 1. The Morgan fingerprint density at radius 3 is 2.46 bits per heavy atom. The third kappa shape index (κ3) is 5.23. The second-order valence-electron chi connectivity index (χ2n) is 9.38. The number of nitro groups is 1. The van der Waals surface area contributed by atoms with Crippen LogP contribution in [0.2, 0.25) is 0 Å². The molecule has 0 aromatic heterocycles. The second kappa shape index (κ2) is 10.4. The summed E-state index contributed by atoms with van der Waals surface area (Å²) in [5, 5.41) is 21.8. The van der Waals surface area contributed by atoms with E-state index in [1.807, 2.05) is 42.3 Å². The molecule has 1 N–H and O–H groups in total. The topological polar surface area (TPSA) is 92.9 Å². The first kappa shape index (κ1) is 25.3. The minimum Gasteiger partial charge on any atom is -0.396 e. The van der Waals surface area contributed by atoms with Gasteiger partial charge in [0.25, 0.3) is 5.69 Å². The van der Waals surface area contributed by atoms with Crippen LogP contribution >= 0.6 is 11.6 Å². The predicted molar refractivity (Wildman–Crippen MR) is 134 cm³/mol. The van der Waals surface area contributed by atoms with Gasteiger partial charge in [0.05, 0.1) is 18.1 Å². The average molecular weight is 497 g/mol. The van der Waals surface area contributed by atoms with E-state index in [1.165, 1.54) is 12.1 Å². The molecule has 2 aromatic rings. The molecule has 1 saturated carbocycles.